The predicted octanol–water partition coefficient (Wildman–Crippen LogP) is 5.51. The van der Waals surface area contributed by atoms with Gasteiger partial charge in [0.05, 0.1) is 11.9 Å². The third kappa shape index (κ3) is 4.48. The molecule has 0 spiro atoms. The Kier molecular flexibility index (Phi) is 5.29. The minimum atomic E-state index is -4.59. The van der Waals surface area contributed by atoms with E-state index in [0.717, 1.165) is 28.8 Å². The Balaban J connectivity index is 1.68. The van der Waals surface area contributed by atoms with Gasteiger partial charge < -0.3 is 9.88 Å². The van der Waals surface area contributed by atoms with Gasteiger partial charge in [-0.05, 0) is 54.4 Å². The van der Waals surface area contributed by atoms with E-state index in [1.54, 1.807) is 30.6 Å². The minimum absolute atomic E-state index is 0.109. The summed E-state index contributed by atoms with van der Waals surface area (Å²) in [6.07, 6.45) is 3.11. The van der Waals surface area contributed by atoms with Crippen LogP contribution in [0.3, 0.4) is 0 Å². The van der Waals surface area contributed by atoms with E-state index in [1.165, 1.54) is 29.4 Å². The Hall–Kier alpha value is -3.94. The summed E-state index contributed by atoms with van der Waals surface area (Å²) >= 11 is 0. The van der Waals surface area contributed by atoms with Gasteiger partial charge in [0.2, 0.25) is 0 Å². The molecule has 0 bridgehead atoms. The third-order valence-corrected chi connectivity index (χ3v) is 4.78. The number of carbonyl (C=O) groups is 1. The van der Waals surface area contributed by atoms with Gasteiger partial charge in [0.25, 0.3) is 5.91 Å². The number of rotatable bonds is 4. The first-order chi connectivity index (χ1) is 14.8. The Morgan fingerprint density at radius 1 is 1.03 bits per heavy atom. The summed E-state index contributed by atoms with van der Waals surface area (Å²) in [4.78, 5) is 20.8. The van der Waals surface area contributed by atoms with Gasteiger partial charge in [-0.15, -0.1) is 0 Å². The van der Waals surface area contributed by atoms with Gasteiger partial charge >= 0.3 is 6.18 Å². The largest absolute Gasteiger partial charge is 0.416 e. The van der Waals surface area contributed by atoms with E-state index < -0.39 is 17.6 Å². The zero-order valence-corrected chi connectivity index (χ0v) is 16.4. The maximum atomic E-state index is 13.4. The molecule has 0 saturated carbocycles. The van der Waals surface area contributed by atoms with Gasteiger partial charge in [-0.2, -0.15) is 13.2 Å². The van der Waals surface area contributed by atoms with Crippen molar-refractivity contribution in [1.29, 1.82) is 0 Å². The molecule has 0 fully saturated rings. The summed E-state index contributed by atoms with van der Waals surface area (Å²) in [6, 6.07) is 12.2. The minimum Gasteiger partial charge on any atom is -0.322 e. The zero-order valence-electron chi connectivity index (χ0n) is 16.4. The first-order valence-electron chi connectivity index (χ1n) is 9.34. The van der Waals surface area contributed by atoms with Crippen LogP contribution in [0.1, 0.15) is 21.5 Å². The number of imidazole rings is 1. The lowest BCUT2D eigenvalue weighted by Crippen LogP contribution is -2.15. The SMILES string of the molecule is Cc1ccc(NC(=O)c2cc(-n3ccnc3)cc(C(F)(F)F)c2)cc1-c1cccnc1. The number of pyridine rings is 1. The highest BCUT2D eigenvalue weighted by Crippen LogP contribution is 2.32. The quantitative estimate of drug-likeness (QED) is 0.472. The monoisotopic (exact) mass is 422 g/mol. The van der Waals surface area contributed by atoms with E-state index >= 15 is 0 Å². The van der Waals surface area contributed by atoms with E-state index in [0.29, 0.717) is 5.69 Å². The van der Waals surface area contributed by atoms with E-state index in [9.17, 15) is 18.0 Å². The second-order valence-electron chi connectivity index (χ2n) is 6.96. The van der Waals surface area contributed by atoms with Gasteiger partial charge in [-0.1, -0.05) is 12.1 Å². The van der Waals surface area contributed by atoms with E-state index in [2.05, 4.69) is 15.3 Å². The molecule has 2 heterocycles. The Morgan fingerprint density at radius 2 is 1.87 bits per heavy atom. The molecule has 4 aromatic rings. The molecule has 0 atom stereocenters. The number of nitrogens with zero attached hydrogens (tertiary/aromatic N) is 3. The van der Waals surface area contributed by atoms with Crippen LogP contribution in [0.4, 0.5) is 18.9 Å². The maximum absolute atomic E-state index is 13.4. The van der Waals surface area contributed by atoms with Crippen LogP contribution >= 0.6 is 0 Å². The van der Waals surface area contributed by atoms with Crippen LogP contribution in [0, 0.1) is 6.92 Å². The number of aryl methyl sites for hydroxylation is 1. The van der Waals surface area contributed by atoms with E-state index in [-0.39, 0.29) is 11.3 Å². The first-order valence-corrected chi connectivity index (χ1v) is 9.34. The first kappa shape index (κ1) is 20.3. The van der Waals surface area contributed by atoms with Crippen LogP contribution < -0.4 is 5.32 Å². The smallest absolute Gasteiger partial charge is 0.322 e. The molecule has 1 amide bonds. The van der Waals surface area contributed by atoms with Crippen molar-refractivity contribution >= 4 is 11.6 Å². The van der Waals surface area contributed by atoms with Crippen LogP contribution in [0.5, 0.6) is 0 Å². The molecule has 1 N–H and O–H groups in total. The lowest BCUT2D eigenvalue weighted by atomic mass is 10.0. The standard InChI is InChI=1S/C23H17F3N4O/c1-15-4-5-19(12-21(15)16-3-2-6-27-13-16)29-22(31)17-9-18(23(24,25)26)11-20(10-17)30-8-7-28-14-30/h2-14H,1H3,(H,29,31). The average Bonchev–Trinajstić information content (AvgIpc) is 3.30. The molecule has 0 aliphatic heterocycles. The summed E-state index contributed by atoms with van der Waals surface area (Å²) in [5.41, 5.74) is 2.36. The van der Waals surface area contributed by atoms with Crippen molar-refractivity contribution in [1.82, 2.24) is 14.5 Å². The molecule has 5 nitrogen and oxygen atoms in total. The zero-order chi connectivity index (χ0) is 22.0. The lowest BCUT2D eigenvalue weighted by Gasteiger charge is -2.14. The number of carbonyl (C=O) groups excluding carboxylic acids is 1. The van der Waals surface area contributed by atoms with Crippen molar-refractivity contribution < 1.29 is 18.0 Å². The Labute approximate surface area is 176 Å². The molecule has 0 saturated heterocycles. The molecule has 31 heavy (non-hydrogen) atoms. The predicted molar refractivity (Wildman–Crippen MR) is 111 cm³/mol. The molecule has 156 valence electrons. The van der Waals surface area contributed by atoms with Crippen LogP contribution in [0.2, 0.25) is 0 Å². The van der Waals surface area contributed by atoms with Gasteiger partial charge in [-0.25, -0.2) is 4.98 Å². The van der Waals surface area contributed by atoms with E-state index in [1.807, 2.05) is 19.1 Å². The molecule has 8 heteroatoms. The highest BCUT2D eigenvalue weighted by atomic mass is 19.4. The van der Waals surface area contributed by atoms with Gasteiger partial charge in [0.15, 0.2) is 0 Å². The number of amides is 1. The van der Waals surface area contributed by atoms with Gasteiger partial charge in [0, 0.05) is 47.3 Å². The summed E-state index contributed by atoms with van der Waals surface area (Å²) < 4.78 is 41.6. The summed E-state index contributed by atoms with van der Waals surface area (Å²) in [6.45, 7) is 1.93. The Bertz CT molecular complexity index is 1220. The van der Waals surface area contributed by atoms with Gasteiger partial charge in [0.1, 0.15) is 0 Å². The number of halogens is 3. The molecular formula is C23H17F3N4O. The molecule has 0 radical (unpaired) electrons. The van der Waals surface area contributed by atoms with Crippen molar-refractivity contribution in [3.8, 4) is 16.8 Å². The number of benzene rings is 2. The third-order valence-electron chi connectivity index (χ3n) is 4.78. The topological polar surface area (TPSA) is 59.8 Å². The summed E-state index contributed by atoms with van der Waals surface area (Å²) in [7, 11) is 0. The number of aromatic nitrogens is 3. The van der Waals surface area contributed by atoms with Crippen molar-refractivity contribution in [2.75, 3.05) is 5.32 Å². The molecule has 2 aromatic carbocycles. The molecule has 0 unspecified atom stereocenters. The second-order valence-corrected chi connectivity index (χ2v) is 6.96. The number of hydrogen-bond donors (Lipinski definition) is 1. The number of anilines is 1. The molecule has 0 aliphatic rings. The fraction of sp³-hybridized carbons (Fsp3) is 0.0870. The highest BCUT2D eigenvalue weighted by molar-refractivity contribution is 6.05. The van der Waals surface area contributed by atoms with Crippen LogP contribution in [-0.2, 0) is 6.18 Å². The van der Waals surface area contributed by atoms with Crippen molar-refractivity contribution in [2.45, 2.75) is 13.1 Å². The lowest BCUT2D eigenvalue weighted by molar-refractivity contribution is -0.137. The van der Waals surface area contributed by atoms with Crippen LogP contribution in [0.15, 0.2) is 79.6 Å². The van der Waals surface area contributed by atoms with Crippen molar-refractivity contribution in [3.63, 3.8) is 0 Å². The Morgan fingerprint density at radius 3 is 2.55 bits per heavy atom. The normalized spacial score (nSPS) is 11.4. The molecular weight excluding hydrogens is 405 g/mol. The maximum Gasteiger partial charge on any atom is 0.416 e. The fourth-order valence-electron chi connectivity index (χ4n) is 3.20. The number of nitrogens with one attached hydrogen (secondary N) is 1. The summed E-state index contributed by atoms with van der Waals surface area (Å²) in [5, 5.41) is 2.70. The summed E-state index contributed by atoms with van der Waals surface area (Å²) in [5.74, 6) is -0.645. The molecule has 4 rings (SSSR count). The number of alkyl halides is 3. The van der Waals surface area contributed by atoms with Crippen molar-refractivity contribution in [2.24, 2.45) is 0 Å². The van der Waals surface area contributed by atoms with Gasteiger partial charge in [-0.3, -0.25) is 9.78 Å². The fourth-order valence-corrected chi connectivity index (χ4v) is 3.20. The molecule has 0 aliphatic carbocycles. The highest BCUT2D eigenvalue weighted by Gasteiger charge is 2.32. The van der Waals surface area contributed by atoms with Crippen molar-refractivity contribution in [3.05, 3.63) is 96.3 Å². The second kappa shape index (κ2) is 8.06. The van der Waals surface area contributed by atoms with E-state index in [4.69, 9.17) is 0 Å². The molecule has 2 aromatic heterocycles. The number of hydrogen-bond acceptors (Lipinski definition) is 3. The van der Waals surface area contributed by atoms with Crippen LogP contribution in [0.25, 0.3) is 16.8 Å². The average molecular weight is 422 g/mol. The van der Waals surface area contributed by atoms with Crippen LogP contribution in [-0.4, -0.2) is 20.4 Å².